The molecular formula is C10H15N3. The second kappa shape index (κ2) is 2.28. The van der Waals surface area contributed by atoms with Crippen LogP contribution in [0, 0.1) is 5.41 Å². The number of rotatable bonds is 1. The first-order valence-corrected chi connectivity index (χ1v) is 5.06. The van der Waals surface area contributed by atoms with E-state index >= 15 is 0 Å². The summed E-state index contributed by atoms with van der Waals surface area (Å²) in [7, 11) is 0. The van der Waals surface area contributed by atoms with Gasteiger partial charge in [-0.25, -0.2) is 4.98 Å². The Morgan fingerprint density at radius 2 is 2.46 bits per heavy atom. The van der Waals surface area contributed by atoms with Crippen molar-refractivity contribution in [1.82, 2.24) is 9.55 Å². The summed E-state index contributed by atoms with van der Waals surface area (Å²) in [6.07, 6.45) is 8.02. The molecule has 1 aliphatic carbocycles. The van der Waals surface area contributed by atoms with Crippen LogP contribution in [0.5, 0.6) is 0 Å². The van der Waals surface area contributed by atoms with E-state index in [4.69, 9.17) is 0 Å². The molecule has 1 saturated carbocycles. The highest BCUT2D eigenvalue weighted by Crippen LogP contribution is 2.56. The lowest BCUT2D eigenvalue weighted by Gasteiger charge is -2.30. The molecule has 3 heteroatoms. The second-order valence-corrected chi connectivity index (χ2v) is 4.54. The Bertz CT molecular complexity index is 325. The predicted molar refractivity (Wildman–Crippen MR) is 51.7 cm³/mol. The number of nitrogens with zero attached hydrogens (tertiary/aromatic N) is 2. The maximum Gasteiger partial charge on any atom is 0.203 e. The van der Waals surface area contributed by atoms with Crippen LogP contribution in [0.4, 0.5) is 5.95 Å². The van der Waals surface area contributed by atoms with Crippen LogP contribution < -0.4 is 5.32 Å². The molecule has 0 spiro atoms. The van der Waals surface area contributed by atoms with Crippen LogP contribution in [0.1, 0.15) is 32.2 Å². The maximum absolute atomic E-state index is 4.30. The minimum Gasteiger partial charge on any atom is -0.356 e. The van der Waals surface area contributed by atoms with Gasteiger partial charge in [-0.2, -0.15) is 0 Å². The van der Waals surface area contributed by atoms with Gasteiger partial charge < -0.3 is 9.88 Å². The number of nitrogens with one attached hydrogen (secondary N) is 1. The number of anilines is 1. The van der Waals surface area contributed by atoms with Gasteiger partial charge in [-0.3, -0.25) is 0 Å². The van der Waals surface area contributed by atoms with Crippen molar-refractivity contribution >= 4 is 5.95 Å². The first-order valence-electron chi connectivity index (χ1n) is 5.06. The van der Waals surface area contributed by atoms with Crippen LogP contribution in [-0.2, 0) is 0 Å². The van der Waals surface area contributed by atoms with E-state index in [0.29, 0.717) is 11.5 Å². The third kappa shape index (κ3) is 0.992. The van der Waals surface area contributed by atoms with E-state index in [1.54, 1.807) is 0 Å². The summed E-state index contributed by atoms with van der Waals surface area (Å²) in [6, 6.07) is 0.686. The van der Waals surface area contributed by atoms with Crippen molar-refractivity contribution in [2.24, 2.45) is 5.41 Å². The highest BCUT2D eigenvalue weighted by Gasteiger charge is 2.46. The van der Waals surface area contributed by atoms with Crippen LogP contribution in [0.25, 0.3) is 0 Å². The standard InChI is InChI=1S/C10H15N3/c1-10(3-4-10)8-2-5-11-9-12-6-7-13(8)9/h6-8H,2-5H2,1H3,(H,11,12). The Labute approximate surface area is 78.2 Å². The Morgan fingerprint density at radius 3 is 3.23 bits per heavy atom. The molecule has 0 radical (unpaired) electrons. The van der Waals surface area contributed by atoms with Crippen molar-refractivity contribution in [3.05, 3.63) is 12.4 Å². The lowest BCUT2D eigenvalue weighted by molar-refractivity contribution is 0.308. The summed E-state index contributed by atoms with van der Waals surface area (Å²) in [6.45, 7) is 3.48. The van der Waals surface area contributed by atoms with Crippen molar-refractivity contribution in [2.75, 3.05) is 11.9 Å². The zero-order valence-corrected chi connectivity index (χ0v) is 7.95. The molecule has 0 amide bonds. The van der Waals surface area contributed by atoms with E-state index in [9.17, 15) is 0 Å². The predicted octanol–water partition coefficient (Wildman–Crippen LogP) is 2.04. The van der Waals surface area contributed by atoms with Gasteiger partial charge in [0.2, 0.25) is 5.95 Å². The van der Waals surface area contributed by atoms with Gasteiger partial charge >= 0.3 is 0 Å². The zero-order chi connectivity index (χ0) is 8.89. The van der Waals surface area contributed by atoms with Crippen LogP contribution in [0.3, 0.4) is 0 Å². The fourth-order valence-electron chi connectivity index (χ4n) is 2.38. The van der Waals surface area contributed by atoms with E-state index in [1.165, 1.54) is 19.3 Å². The Kier molecular flexibility index (Phi) is 1.30. The molecular weight excluding hydrogens is 162 g/mol. The largest absolute Gasteiger partial charge is 0.356 e. The normalized spacial score (nSPS) is 29.2. The highest BCUT2D eigenvalue weighted by molar-refractivity contribution is 5.30. The van der Waals surface area contributed by atoms with E-state index in [2.05, 4.69) is 28.0 Å². The van der Waals surface area contributed by atoms with E-state index in [0.717, 1.165) is 12.5 Å². The summed E-state index contributed by atoms with van der Waals surface area (Å²) in [5, 5.41) is 3.32. The molecule has 70 valence electrons. The van der Waals surface area contributed by atoms with Crippen molar-refractivity contribution in [3.63, 3.8) is 0 Å². The zero-order valence-electron chi connectivity index (χ0n) is 7.95. The van der Waals surface area contributed by atoms with Crippen LogP contribution >= 0.6 is 0 Å². The van der Waals surface area contributed by atoms with Crippen molar-refractivity contribution in [2.45, 2.75) is 32.2 Å². The van der Waals surface area contributed by atoms with Gasteiger partial charge in [-0.15, -0.1) is 0 Å². The molecule has 1 N–H and O–H groups in total. The summed E-state index contributed by atoms with van der Waals surface area (Å²) in [5.41, 5.74) is 0.567. The molecule has 3 nitrogen and oxygen atoms in total. The summed E-state index contributed by atoms with van der Waals surface area (Å²) in [4.78, 5) is 4.30. The van der Waals surface area contributed by atoms with E-state index in [-0.39, 0.29) is 0 Å². The fraction of sp³-hybridized carbons (Fsp3) is 0.700. The molecule has 2 aliphatic rings. The van der Waals surface area contributed by atoms with Crippen LogP contribution in [-0.4, -0.2) is 16.1 Å². The van der Waals surface area contributed by atoms with Gasteiger partial charge in [0.1, 0.15) is 0 Å². The summed E-state index contributed by atoms with van der Waals surface area (Å²) >= 11 is 0. The molecule has 1 aromatic heterocycles. The lowest BCUT2D eigenvalue weighted by Crippen LogP contribution is -2.27. The monoisotopic (exact) mass is 177 g/mol. The summed E-state index contributed by atoms with van der Waals surface area (Å²) in [5.74, 6) is 1.06. The minimum absolute atomic E-state index is 0.567. The maximum atomic E-state index is 4.30. The molecule has 3 rings (SSSR count). The third-order valence-electron chi connectivity index (χ3n) is 3.55. The molecule has 0 aromatic carbocycles. The third-order valence-corrected chi connectivity index (χ3v) is 3.55. The van der Waals surface area contributed by atoms with E-state index < -0.39 is 0 Å². The van der Waals surface area contributed by atoms with E-state index in [1.807, 2.05) is 6.20 Å². The van der Waals surface area contributed by atoms with Crippen LogP contribution in [0.15, 0.2) is 12.4 Å². The van der Waals surface area contributed by atoms with Gasteiger partial charge in [0, 0.05) is 25.0 Å². The smallest absolute Gasteiger partial charge is 0.203 e. The second-order valence-electron chi connectivity index (χ2n) is 4.54. The number of hydrogen-bond acceptors (Lipinski definition) is 2. The molecule has 1 atom stereocenters. The van der Waals surface area contributed by atoms with Gasteiger partial charge in [-0.1, -0.05) is 6.92 Å². The molecule has 1 aromatic rings. The molecule has 2 heterocycles. The van der Waals surface area contributed by atoms with Crippen molar-refractivity contribution in [1.29, 1.82) is 0 Å². The van der Waals surface area contributed by atoms with Gasteiger partial charge in [-0.05, 0) is 24.7 Å². The number of aromatic nitrogens is 2. The SMILES string of the molecule is CC1(C2CCNc3nccn32)CC1. The Hall–Kier alpha value is -0.990. The highest BCUT2D eigenvalue weighted by atomic mass is 15.2. The lowest BCUT2D eigenvalue weighted by atomic mass is 9.94. The van der Waals surface area contributed by atoms with Gasteiger partial charge in [0.25, 0.3) is 0 Å². The van der Waals surface area contributed by atoms with Gasteiger partial charge in [0.05, 0.1) is 0 Å². The molecule has 1 fully saturated rings. The van der Waals surface area contributed by atoms with Gasteiger partial charge in [0.15, 0.2) is 0 Å². The molecule has 1 aliphatic heterocycles. The average molecular weight is 177 g/mol. The Balaban J connectivity index is 2.00. The van der Waals surface area contributed by atoms with Crippen LogP contribution in [0.2, 0.25) is 0 Å². The molecule has 13 heavy (non-hydrogen) atoms. The minimum atomic E-state index is 0.567. The number of hydrogen-bond donors (Lipinski definition) is 1. The topological polar surface area (TPSA) is 29.9 Å². The number of fused-ring (bicyclic) bond motifs is 1. The number of imidazole rings is 1. The molecule has 1 unspecified atom stereocenters. The summed E-state index contributed by atoms with van der Waals surface area (Å²) < 4.78 is 2.32. The molecule has 0 saturated heterocycles. The van der Waals surface area contributed by atoms with Crippen molar-refractivity contribution < 1.29 is 0 Å². The first kappa shape index (κ1) is 7.42. The molecule has 0 bridgehead atoms. The fourth-order valence-corrected chi connectivity index (χ4v) is 2.38. The first-order chi connectivity index (χ1) is 6.30. The quantitative estimate of drug-likeness (QED) is 0.711. The van der Waals surface area contributed by atoms with Crippen molar-refractivity contribution in [3.8, 4) is 0 Å². The Morgan fingerprint density at radius 1 is 1.62 bits per heavy atom. The average Bonchev–Trinajstić information content (AvgIpc) is 2.72.